The Labute approximate surface area is 118 Å². The smallest absolute Gasteiger partial charge is 0.329 e. The van der Waals surface area contributed by atoms with Crippen molar-refractivity contribution < 1.29 is 14.6 Å². The van der Waals surface area contributed by atoms with E-state index in [-0.39, 0.29) is 0 Å². The number of hydrogen-bond donors (Lipinski definition) is 2. The summed E-state index contributed by atoms with van der Waals surface area (Å²) in [6.45, 7) is 2.39. The predicted molar refractivity (Wildman–Crippen MR) is 74.9 cm³/mol. The number of ether oxygens (including phenoxy) is 1. The fourth-order valence-electron chi connectivity index (χ4n) is 2.57. The second kappa shape index (κ2) is 6.54. The van der Waals surface area contributed by atoms with Gasteiger partial charge in [-0.15, -0.1) is 0 Å². The molecule has 0 radical (unpaired) electrons. The van der Waals surface area contributed by atoms with Gasteiger partial charge in [0.1, 0.15) is 5.54 Å². The number of carboxylic acids is 1. The van der Waals surface area contributed by atoms with Crippen LogP contribution in [-0.4, -0.2) is 33.2 Å². The maximum atomic E-state index is 11.7. The lowest BCUT2D eigenvalue weighted by Gasteiger charge is -2.29. The van der Waals surface area contributed by atoms with E-state index in [1.54, 1.807) is 12.3 Å². The summed E-state index contributed by atoms with van der Waals surface area (Å²) >= 11 is 0. The fourth-order valence-corrected chi connectivity index (χ4v) is 2.57. The molecule has 0 unspecified atom stereocenters. The molecule has 0 amide bonds. The van der Waals surface area contributed by atoms with Crippen molar-refractivity contribution in [1.29, 1.82) is 0 Å². The summed E-state index contributed by atoms with van der Waals surface area (Å²) < 4.78 is 5.32. The monoisotopic (exact) mass is 279 g/mol. The molecule has 110 valence electrons. The van der Waals surface area contributed by atoms with Crippen LogP contribution in [0, 0.1) is 0 Å². The molecule has 20 heavy (non-hydrogen) atoms. The van der Waals surface area contributed by atoms with Crippen LogP contribution in [0.5, 0.6) is 5.88 Å². The van der Waals surface area contributed by atoms with E-state index in [0.29, 0.717) is 31.3 Å². The highest BCUT2D eigenvalue weighted by Crippen LogP contribution is 2.30. The Bertz CT molecular complexity index is 457. The lowest BCUT2D eigenvalue weighted by atomic mass is 9.90. The molecule has 0 bridgehead atoms. The Morgan fingerprint density at radius 1 is 1.40 bits per heavy atom. The Balaban J connectivity index is 2.19. The summed E-state index contributed by atoms with van der Waals surface area (Å²) in [5.74, 6) is -0.0516. The normalized spacial score (nSPS) is 18.1. The number of nitrogens with one attached hydrogen (secondary N) is 1. The van der Waals surface area contributed by atoms with Crippen molar-refractivity contribution in [3.8, 4) is 5.88 Å². The number of carboxylic acid groups (broad SMARTS) is 1. The first-order valence-corrected chi connectivity index (χ1v) is 7.14. The van der Waals surface area contributed by atoms with Gasteiger partial charge in [-0.3, -0.25) is 0 Å². The Morgan fingerprint density at radius 2 is 2.10 bits per heavy atom. The summed E-state index contributed by atoms with van der Waals surface area (Å²) in [5.41, 5.74) is -0.957. The van der Waals surface area contributed by atoms with Crippen molar-refractivity contribution in [1.82, 2.24) is 9.97 Å². The maximum absolute atomic E-state index is 11.7. The summed E-state index contributed by atoms with van der Waals surface area (Å²) in [4.78, 5) is 20.0. The maximum Gasteiger partial charge on any atom is 0.329 e. The van der Waals surface area contributed by atoms with E-state index in [1.807, 2.05) is 6.92 Å². The molecule has 1 aliphatic rings. The molecule has 6 nitrogen and oxygen atoms in total. The fraction of sp³-hybridized carbons (Fsp3) is 0.643. The van der Waals surface area contributed by atoms with Crippen LogP contribution in [-0.2, 0) is 4.79 Å². The Kier molecular flexibility index (Phi) is 4.76. The number of aliphatic carboxylic acids is 1. The highest BCUT2D eigenvalue weighted by atomic mass is 16.5. The van der Waals surface area contributed by atoms with E-state index in [9.17, 15) is 9.90 Å². The van der Waals surface area contributed by atoms with Gasteiger partial charge in [-0.25, -0.2) is 9.78 Å². The molecule has 1 aromatic rings. The first-order valence-electron chi connectivity index (χ1n) is 7.14. The molecule has 1 aromatic heterocycles. The van der Waals surface area contributed by atoms with Crippen LogP contribution in [0.1, 0.15) is 45.4 Å². The van der Waals surface area contributed by atoms with Crippen molar-refractivity contribution in [2.75, 3.05) is 11.9 Å². The van der Waals surface area contributed by atoms with Crippen molar-refractivity contribution in [3.05, 3.63) is 12.3 Å². The van der Waals surface area contributed by atoms with Crippen LogP contribution in [0.3, 0.4) is 0 Å². The molecule has 0 atom stereocenters. The van der Waals surface area contributed by atoms with Gasteiger partial charge in [-0.05, 0) is 19.8 Å². The molecule has 0 aliphatic heterocycles. The van der Waals surface area contributed by atoms with E-state index in [0.717, 1.165) is 25.7 Å². The molecule has 0 spiro atoms. The molecular weight excluding hydrogens is 258 g/mol. The molecule has 0 aromatic carbocycles. The van der Waals surface area contributed by atoms with Crippen LogP contribution in [0.2, 0.25) is 0 Å². The van der Waals surface area contributed by atoms with E-state index in [2.05, 4.69) is 15.3 Å². The quantitative estimate of drug-likeness (QED) is 0.805. The molecule has 2 rings (SSSR count). The lowest BCUT2D eigenvalue weighted by molar-refractivity contribution is -0.142. The van der Waals surface area contributed by atoms with E-state index >= 15 is 0 Å². The molecule has 1 aliphatic carbocycles. The number of anilines is 1. The number of nitrogens with zero attached hydrogens (tertiary/aromatic N) is 2. The van der Waals surface area contributed by atoms with Gasteiger partial charge in [-0.2, -0.15) is 4.98 Å². The van der Waals surface area contributed by atoms with Gasteiger partial charge in [0.05, 0.1) is 6.61 Å². The average molecular weight is 279 g/mol. The van der Waals surface area contributed by atoms with E-state index in [4.69, 9.17) is 4.74 Å². The summed E-state index contributed by atoms with van der Waals surface area (Å²) in [6, 6.07) is 1.66. The lowest BCUT2D eigenvalue weighted by Crippen LogP contribution is -2.46. The highest BCUT2D eigenvalue weighted by molar-refractivity contribution is 5.82. The first-order chi connectivity index (χ1) is 9.66. The summed E-state index contributed by atoms with van der Waals surface area (Å²) in [6.07, 6.45) is 6.75. The Morgan fingerprint density at radius 3 is 2.70 bits per heavy atom. The second-order valence-electron chi connectivity index (χ2n) is 5.08. The van der Waals surface area contributed by atoms with Gasteiger partial charge in [0.2, 0.25) is 11.8 Å². The zero-order valence-electron chi connectivity index (χ0n) is 11.8. The van der Waals surface area contributed by atoms with Crippen molar-refractivity contribution in [2.45, 2.75) is 51.0 Å². The van der Waals surface area contributed by atoms with E-state index in [1.165, 1.54) is 0 Å². The van der Waals surface area contributed by atoms with Crippen LogP contribution in [0.25, 0.3) is 0 Å². The van der Waals surface area contributed by atoms with Gasteiger partial charge in [0, 0.05) is 12.3 Å². The van der Waals surface area contributed by atoms with Crippen molar-refractivity contribution >= 4 is 11.9 Å². The third-order valence-corrected chi connectivity index (χ3v) is 3.64. The molecule has 0 saturated heterocycles. The van der Waals surface area contributed by atoms with Crippen LogP contribution in [0.4, 0.5) is 5.95 Å². The first kappa shape index (κ1) is 14.6. The Hall–Kier alpha value is -1.85. The van der Waals surface area contributed by atoms with Gasteiger partial charge in [0.25, 0.3) is 0 Å². The third-order valence-electron chi connectivity index (χ3n) is 3.64. The van der Waals surface area contributed by atoms with Gasteiger partial charge >= 0.3 is 5.97 Å². The topological polar surface area (TPSA) is 84.3 Å². The minimum absolute atomic E-state index is 0.320. The molecule has 1 saturated carbocycles. The third kappa shape index (κ3) is 3.37. The standard InChI is InChI=1S/C14H21N3O3/c1-2-20-11-7-10-15-13(16-11)17-14(12(18)19)8-5-3-4-6-9-14/h7,10H,2-6,8-9H2,1H3,(H,18,19)(H,15,16,17). The molecular formula is C14H21N3O3. The van der Waals surface area contributed by atoms with Crippen LogP contribution < -0.4 is 10.1 Å². The molecule has 1 fully saturated rings. The average Bonchev–Trinajstić information content (AvgIpc) is 2.66. The largest absolute Gasteiger partial charge is 0.480 e. The predicted octanol–water partition coefficient (Wildman–Crippen LogP) is 2.46. The minimum atomic E-state index is -0.957. The molecule has 1 heterocycles. The summed E-state index contributed by atoms with van der Waals surface area (Å²) in [5, 5.41) is 12.6. The van der Waals surface area contributed by atoms with Gasteiger partial charge in [0.15, 0.2) is 0 Å². The second-order valence-corrected chi connectivity index (χ2v) is 5.08. The van der Waals surface area contributed by atoms with Crippen LogP contribution in [0.15, 0.2) is 12.3 Å². The zero-order valence-corrected chi connectivity index (χ0v) is 11.8. The van der Waals surface area contributed by atoms with E-state index < -0.39 is 11.5 Å². The summed E-state index contributed by atoms with van der Waals surface area (Å²) in [7, 11) is 0. The highest BCUT2D eigenvalue weighted by Gasteiger charge is 2.39. The van der Waals surface area contributed by atoms with Gasteiger partial charge < -0.3 is 15.2 Å². The van der Waals surface area contributed by atoms with Crippen LogP contribution >= 0.6 is 0 Å². The van der Waals surface area contributed by atoms with Gasteiger partial charge in [-0.1, -0.05) is 25.7 Å². The molecule has 2 N–H and O–H groups in total. The number of rotatable bonds is 5. The number of carbonyl (C=O) groups is 1. The van der Waals surface area contributed by atoms with Crippen molar-refractivity contribution in [3.63, 3.8) is 0 Å². The SMILES string of the molecule is CCOc1ccnc(NC2(C(=O)O)CCCCCC2)n1. The number of aromatic nitrogens is 2. The number of hydrogen-bond acceptors (Lipinski definition) is 5. The zero-order chi connectivity index (χ0) is 14.4. The minimum Gasteiger partial charge on any atom is -0.480 e. The molecule has 6 heteroatoms. The van der Waals surface area contributed by atoms with Crippen molar-refractivity contribution in [2.24, 2.45) is 0 Å².